The Balaban J connectivity index is 0.000000154. The van der Waals surface area contributed by atoms with Crippen LogP contribution in [-0.4, -0.2) is 37.1 Å². The van der Waals surface area contributed by atoms with Gasteiger partial charge in [-0.25, -0.2) is 0 Å². The second-order valence-corrected chi connectivity index (χ2v) is 14.2. The predicted molar refractivity (Wildman–Crippen MR) is 198 cm³/mol. The molecular weight excluding hydrogens is 557 g/mol. The van der Waals surface area contributed by atoms with Crippen LogP contribution in [-0.2, 0) is 0 Å². The maximum atomic E-state index is 2.43. The fourth-order valence-electron chi connectivity index (χ4n) is 6.45. The first-order valence-electron chi connectivity index (χ1n) is 15.0. The Kier molecular flexibility index (Phi) is 8.77. The summed E-state index contributed by atoms with van der Waals surface area (Å²) >= 11 is 0. The van der Waals surface area contributed by atoms with Crippen molar-refractivity contribution >= 4 is 80.2 Å². The first-order chi connectivity index (χ1) is 21.0. The Bertz CT molecular complexity index is 2260. The monoisotopic (exact) mass is 590 g/mol. The molecule has 8 aromatic rings. The number of benzene rings is 6. The zero-order valence-electron chi connectivity index (χ0n) is 25.6. The molecule has 0 unspecified atom stereocenters. The fraction of sp³-hybridized carbons (Fsp3) is 0.0714. The van der Waals surface area contributed by atoms with Gasteiger partial charge in [0.15, 0.2) is 0 Å². The summed E-state index contributed by atoms with van der Waals surface area (Å²) in [5.74, 6) is 0. The van der Waals surface area contributed by atoms with Crippen molar-refractivity contribution in [3.05, 3.63) is 157 Å². The van der Waals surface area contributed by atoms with Crippen molar-refractivity contribution in [3.63, 3.8) is 0 Å². The zero-order valence-corrected chi connectivity index (χ0v) is 28.1. The molecule has 0 saturated heterocycles. The molecule has 0 heterocycles. The molecule has 44 heavy (non-hydrogen) atoms. The smallest absolute Gasteiger partial charge is 0.165 e. The van der Waals surface area contributed by atoms with Gasteiger partial charge in [-0.15, -0.1) is 74.7 Å². The summed E-state index contributed by atoms with van der Waals surface area (Å²) in [6.45, 7) is 6.81. The molecular formula is C42H34MgSi. The van der Waals surface area contributed by atoms with E-state index < -0.39 is 0 Å². The van der Waals surface area contributed by atoms with E-state index in [1.54, 1.807) is 0 Å². The summed E-state index contributed by atoms with van der Waals surface area (Å²) in [4.78, 5) is 0. The van der Waals surface area contributed by atoms with Crippen LogP contribution in [0.1, 0.15) is 11.1 Å². The molecule has 0 radical (unpaired) electrons. The van der Waals surface area contributed by atoms with Crippen molar-refractivity contribution < 1.29 is 0 Å². The van der Waals surface area contributed by atoms with E-state index in [4.69, 9.17) is 0 Å². The predicted octanol–water partition coefficient (Wildman–Crippen LogP) is 11.2. The summed E-state index contributed by atoms with van der Waals surface area (Å²) in [7, 11) is -0.370. The van der Waals surface area contributed by atoms with Crippen LogP contribution in [0.5, 0.6) is 0 Å². The van der Waals surface area contributed by atoms with E-state index in [2.05, 4.69) is 171 Å². The zero-order chi connectivity index (χ0) is 29.3. The summed E-state index contributed by atoms with van der Waals surface area (Å²) < 4.78 is 0. The molecule has 8 aromatic carbocycles. The first-order valence-corrected chi connectivity index (χ1v) is 17.6. The molecule has 0 amide bonds. The van der Waals surface area contributed by atoms with Gasteiger partial charge < -0.3 is 0 Å². The van der Waals surface area contributed by atoms with Crippen molar-refractivity contribution in [1.82, 2.24) is 0 Å². The Labute approximate surface area is 277 Å². The molecule has 208 valence electrons. The average molecular weight is 591 g/mol. The Morgan fingerprint density at radius 1 is 0.477 bits per heavy atom. The van der Waals surface area contributed by atoms with E-state index in [0.29, 0.717) is 0 Å². The molecule has 0 saturated carbocycles. The summed E-state index contributed by atoms with van der Waals surface area (Å²) in [6, 6.07) is 52.8. The first kappa shape index (κ1) is 30.0. The van der Waals surface area contributed by atoms with Crippen molar-refractivity contribution in [2.45, 2.75) is 20.0 Å². The number of fused-ring (bicyclic) bond motifs is 4. The topological polar surface area (TPSA) is 0 Å². The third-order valence-corrected chi connectivity index (χ3v) is 9.19. The second kappa shape index (κ2) is 12.9. The van der Waals surface area contributed by atoms with E-state index in [-0.39, 0.29) is 31.5 Å². The molecule has 0 aliphatic carbocycles. The summed E-state index contributed by atoms with van der Waals surface area (Å²) in [6.07, 6.45) is 0. The molecule has 0 aliphatic rings. The van der Waals surface area contributed by atoms with Gasteiger partial charge in [0.25, 0.3) is 0 Å². The minimum Gasteiger partial charge on any atom is -0.165 e. The SMILES string of the molecule is C[Si](C)=Cc1cc2c(-c3cccc4ccccc34)cccc2[cH-]1.Cc1cc2c(-c3cccc4ccccc34)cccc2[cH-]1.[Mg+2]. The van der Waals surface area contributed by atoms with Gasteiger partial charge in [0.1, 0.15) is 0 Å². The minimum absolute atomic E-state index is 0. The van der Waals surface area contributed by atoms with Crippen LogP contribution in [0.2, 0.25) is 13.1 Å². The van der Waals surface area contributed by atoms with E-state index in [0.717, 1.165) is 0 Å². The summed E-state index contributed by atoms with van der Waals surface area (Å²) in [5, 5.41) is 10.6. The van der Waals surface area contributed by atoms with E-state index in [9.17, 15) is 0 Å². The number of hydrogen-bond acceptors (Lipinski definition) is 0. The summed E-state index contributed by atoms with van der Waals surface area (Å²) in [5.41, 5.74) is 10.4. The number of aryl methyl sites for hydroxylation is 1. The van der Waals surface area contributed by atoms with Gasteiger partial charge in [0.2, 0.25) is 0 Å². The van der Waals surface area contributed by atoms with Crippen LogP contribution in [0.15, 0.2) is 146 Å². The quantitative estimate of drug-likeness (QED) is 0.142. The molecule has 8 rings (SSSR count). The van der Waals surface area contributed by atoms with Crippen LogP contribution in [0.4, 0.5) is 0 Å². The van der Waals surface area contributed by atoms with E-state index in [1.165, 1.54) is 76.5 Å². The van der Waals surface area contributed by atoms with Crippen LogP contribution >= 0.6 is 0 Å². The molecule has 0 atom stereocenters. The van der Waals surface area contributed by atoms with Gasteiger partial charge in [-0.1, -0.05) is 134 Å². The standard InChI is InChI=1S/C22H19Si.C20H15.Mg/c1-23(2)15-16-13-18-9-6-12-21(22(18)14-16)20-11-5-8-17-7-3-4-10-19(17)20;1-14-12-16-8-5-11-19(20(16)13-14)18-10-4-7-15-6-2-3-9-17(15)18;/h3-15H,1-2H3;2-13H,1H3;/q2*-1;+2. The molecule has 0 spiro atoms. The third kappa shape index (κ3) is 5.86. The molecule has 0 fully saturated rings. The molecule has 0 N–H and O–H groups in total. The Hall–Kier alpha value is -4.09. The van der Waals surface area contributed by atoms with Gasteiger partial charge in [-0.3, -0.25) is 0 Å². The minimum atomic E-state index is -0.370. The average Bonchev–Trinajstić information content (AvgIpc) is 3.62. The Morgan fingerprint density at radius 3 is 1.45 bits per heavy atom. The van der Waals surface area contributed by atoms with Crippen LogP contribution in [0.25, 0.3) is 65.3 Å². The Morgan fingerprint density at radius 2 is 0.909 bits per heavy atom. The molecule has 0 nitrogen and oxygen atoms in total. The molecule has 0 aliphatic heterocycles. The van der Waals surface area contributed by atoms with Crippen molar-refractivity contribution in [3.8, 4) is 22.3 Å². The molecule has 2 heteroatoms. The van der Waals surface area contributed by atoms with Crippen LogP contribution in [0.3, 0.4) is 0 Å². The van der Waals surface area contributed by atoms with E-state index in [1.807, 2.05) is 0 Å². The largest absolute Gasteiger partial charge is 2.00 e. The molecule has 0 aromatic heterocycles. The maximum absolute atomic E-state index is 2.43. The fourth-order valence-corrected chi connectivity index (χ4v) is 7.28. The van der Waals surface area contributed by atoms with Gasteiger partial charge >= 0.3 is 23.1 Å². The third-order valence-electron chi connectivity index (χ3n) is 8.28. The van der Waals surface area contributed by atoms with Gasteiger partial charge in [-0.05, 0) is 41.1 Å². The maximum Gasteiger partial charge on any atom is 2.00 e. The van der Waals surface area contributed by atoms with Gasteiger partial charge in [-0.2, -0.15) is 6.07 Å². The van der Waals surface area contributed by atoms with Crippen molar-refractivity contribution in [1.29, 1.82) is 0 Å². The van der Waals surface area contributed by atoms with Crippen molar-refractivity contribution in [2.75, 3.05) is 0 Å². The van der Waals surface area contributed by atoms with E-state index >= 15 is 0 Å². The normalized spacial score (nSPS) is 10.9. The van der Waals surface area contributed by atoms with Crippen molar-refractivity contribution in [2.24, 2.45) is 0 Å². The number of rotatable bonds is 3. The van der Waals surface area contributed by atoms with Crippen LogP contribution in [0, 0.1) is 6.92 Å². The van der Waals surface area contributed by atoms with Crippen LogP contribution < -0.4 is 0 Å². The van der Waals surface area contributed by atoms with Gasteiger partial charge in [0.05, 0.1) is 0 Å². The van der Waals surface area contributed by atoms with Gasteiger partial charge in [0, 0.05) is 0 Å². The second-order valence-electron chi connectivity index (χ2n) is 11.7. The number of hydrogen-bond donors (Lipinski definition) is 0. The molecule has 0 bridgehead atoms.